The molecule has 6 aromatic rings. The van der Waals surface area contributed by atoms with Gasteiger partial charge in [-0.25, -0.2) is 21.6 Å². The molecule has 0 radical (unpaired) electrons. The van der Waals surface area contributed by atoms with Gasteiger partial charge in [0.25, 0.3) is 19.9 Å². The van der Waals surface area contributed by atoms with Gasteiger partial charge in [0.2, 0.25) is 0 Å². The van der Waals surface area contributed by atoms with Gasteiger partial charge < -0.3 is 44.2 Å². The summed E-state index contributed by atoms with van der Waals surface area (Å²) in [7, 11) is -15.1. The highest BCUT2D eigenvalue weighted by Crippen LogP contribution is 2.43. The Labute approximate surface area is 461 Å². The lowest BCUT2D eigenvalue weighted by atomic mass is 9.96. The average Bonchev–Trinajstić information content (AvgIpc) is 3.84. The summed E-state index contributed by atoms with van der Waals surface area (Å²) in [4.78, 5) is 38.1. The number of alkyl halides is 3. The topological polar surface area (TPSA) is 211 Å². The van der Waals surface area contributed by atoms with Crippen molar-refractivity contribution in [2.24, 2.45) is 0 Å². The van der Waals surface area contributed by atoms with Gasteiger partial charge in [0, 0.05) is 102 Å². The van der Waals surface area contributed by atoms with E-state index in [0.717, 1.165) is 39.7 Å². The van der Waals surface area contributed by atoms with Gasteiger partial charge in [-0.1, -0.05) is 54.1 Å². The van der Waals surface area contributed by atoms with E-state index in [4.69, 9.17) is 16.3 Å². The van der Waals surface area contributed by atoms with Crippen molar-refractivity contribution >= 4 is 79.5 Å². The first kappa shape index (κ1) is 58.6. The van der Waals surface area contributed by atoms with Crippen molar-refractivity contribution in [1.82, 2.24) is 9.47 Å². The SMILES string of the molecule is CCn1c(C)c(C(=O)OCCP(=O)(O)O)c(-c2cccc(N3CCN(c4ccc(NS(=O)(=O)c5ccc(NC(CCN6CCC(O)CC6)CSc6ccccc6)c(S(=O)(=O)C(F)(F)F)c5)cc4)CC3)c2)c1-c1ccc(Cl)cc1. The van der Waals surface area contributed by atoms with Crippen molar-refractivity contribution in [3.8, 4) is 22.4 Å². The Bertz CT molecular complexity index is 3340. The van der Waals surface area contributed by atoms with Crippen LogP contribution in [0.4, 0.5) is 35.9 Å². The Morgan fingerprint density at radius 1 is 0.833 bits per heavy atom. The molecule has 3 heterocycles. The number of nitrogens with zero attached hydrogens (tertiary/aromatic N) is 4. The van der Waals surface area contributed by atoms with Gasteiger partial charge in [-0.15, -0.1) is 11.8 Å². The molecule has 8 rings (SSSR count). The molecule has 1 unspecified atom stereocenters. The summed E-state index contributed by atoms with van der Waals surface area (Å²) in [6, 6.07) is 32.9. The van der Waals surface area contributed by atoms with Crippen LogP contribution in [0.1, 0.15) is 42.2 Å². The summed E-state index contributed by atoms with van der Waals surface area (Å²) in [5.41, 5.74) is -0.664. The van der Waals surface area contributed by atoms with Gasteiger partial charge in [0.15, 0.2) is 0 Å². The molecule has 0 bridgehead atoms. The normalized spacial score (nSPS) is 15.6. The monoisotopic (exact) mass is 1170 g/mol. The number of sulfone groups is 1. The van der Waals surface area contributed by atoms with Gasteiger partial charge in [-0.05, 0) is 123 Å². The summed E-state index contributed by atoms with van der Waals surface area (Å²) in [6.07, 6.45) is 0.567. The van der Waals surface area contributed by atoms with Gasteiger partial charge in [-0.3, -0.25) is 9.29 Å². The molecule has 2 fully saturated rings. The molecular weight excluding hydrogens is 1110 g/mol. The number of ether oxygens (including phenoxy) is 1. The van der Waals surface area contributed by atoms with Crippen LogP contribution in [0.15, 0.2) is 136 Å². The van der Waals surface area contributed by atoms with Crippen LogP contribution >= 0.6 is 31.0 Å². The van der Waals surface area contributed by atoms with E-state index >= 15 is 0 Å². The van der Waals surface area contributed by atoms with Crippen LogP contribution in [0.25, 0.3) is 22.4 Å². The number of sulfonamides is 1. The third-order valence-electron chi connectivity index (χ3n) is 13.8. The molecule has 0 spiro atoms. The predicted molar refractivity (Wildman–Crippen MR) is 300 cm³/mol. The van der Waals surface area contributed by atoms with E-state index < -0.39 is 73.6 Å². The molecule has 24 heteroatoms. The molecule has 1 atom stereocenters. The molecule has 0 amide bonds. The Kier molecular flexibility index (Phi) is 18.7. The molecular formula is C54H61ClF3N6O10PS3. The molecule has 0 saturated carbocycles. The number of likely N-dealkylation sites (tertiary alicyclic amines) is 1. The molecule has 2 aliphatic rings. The highest BCUT2D eigenvalue weighted by atomic mass is 35.5. The standard InChI is InChI=1S/C54H61ClF3N6O10PS3/c1-3-64-37(2)50(53(66)74-32-33-75(67,68)69)51(52(64)38-12-14-40(55)15-13-38)39-8-7-9-44(34-39)63-30-28-62(29-31-63)43-18-16-41(17-19-43)60-78(72,73)47-20-21-48(49(35-47)77(70,71)54(56,57)58)59-42(36-76-46-10-5-4-6-11-46)22-25-61-26-23-45(65)24-27-61/h4-21,34-35,42,45,59-60,65H,3,22-33,36H2,1-2H3,(H2,67,68,69). The van der Waals surface area contributed by atoms with Crippen molar-refractivity contribution in [1.29, 1.82) is 0 Å². The molecule has 5 N–H and O–H groups in total. The Morgan fingerprint density at radius 2 is 1.49 bits per heavy atom. The lowest BCUT2D eigenvalue weighted by Crippen LogP contribution is -2.46. The number of carbonyl (C=O) groups excluding carboxylic acids is 1. The number of rotatable bonds is 21. The van der Waals surface area contributed by atoms with Crippen molar-refractivity contribution in [3.05, 3.63) is 138 Å². The third-order valence-corrected chi connectivity index (χ3v) is 18.9. The van der Waals surface area contributed by atoms with Gasteiger partial charge in [0.1, 0.15) is 11.5 Å². The fraction of sp³-hybridized carbons (Fsp3) is 0.352. The van der Waals surface area contributed by atoms with Crippen LogP contribution in [-0.2, 0) is 35.7 Å². The number of esters is 1. The second-order valence-electron chi connectivity index (χ2n) is 19.1. The molecule has 418 valence electrons. The summed E-state index contributed by atoms with van der Waals surface area (Å²) in [5.74, 6) is -0.364. The van der Waals surface area contributed by atoms with E-state index in [-0.39, 0.29) is 16.9 Å². The van der Waals surface area contributed by atoms with Crippen molar-refractivity contribution < 1.29 is 59.0 Å². The van der Waals surface area contributed by atoms with Gasteiger partial charge >= 0.3 is 19.1 Å². The number of benzene rings is 5. The van der Waals surface area contributed by atoms with Gasteiger partial charge in [-0.2, -0.15) is 13.2 Å². The van der Waals surface area contributed by atoms with Crippen molar-refractivity contribution in [2.75, 3.05) is 84.2 Å². The second kappa shape index (κ2) is 24.9. The first-order valence-electron chi connectivity index (χ1n) is 25.3. The fourth-order valence-corrected chi connectivity index (χ4v) is 13.2. The molecule has 2 saturated heterocycles. The number of anilines is 4. The molecule has 78 heavy (non-hydrogen) atoms. The minimum Gasteiger partial charge on any atom is -0.461 e. The minimum atomic E-state index is -6.05. The van der Waals surface area contributed by atoms with Crippen molar-refractivity contribution in [3.63, 3.8) is 0 Å². The Balaban J connectivity index is 0.972. The fourth-order valence-electron chi connectivity index (χ4n) is 9.68. The molecule has 16 nitrogen and oxygen atoms in total. The number of hydrogen-bond donors (Lipinski definition) is 5. The molecule has 0 aliphatic carbocycles. The highest BCUT2D eigenvalue weighted by Gasteiger charge is 2.48. The first-order valence-corrected chi connectivity index (χ1v) is 31.4. The zero-order valence-electron chi connectivity index (χ0n) is 42.8. The van der Waals surface area contributed by atoms with E-state index in [1.54, 1.807) is 31.2 Å². The number of aromatic nitrogens is 1. The summed E-state index contributed by atoms with van der Waals surface area (Å²) < 4.78 is 119. The number of thioether (sulfide) groups is 1. The second-order valence-corrected chi connectivity index (χ2v) is 26.0. The van der Waals surface area contributed by atoms with Crippen molar-refractivity contribution in [2.45, 2.75) is 72.0 Å². The number of piperazine rings is 1. The summed E-state index contributed by atoms with van der Waals surface area (Å²) in [6.45, 7) is 7.82. The van der Waals surface area contributed by atoms with Gasteiger partial charge in [0.05, 0.1) is 34.1 Å². The molecule has 1 aromatic heterocycles. The number of aliphatic hydroxyl groups excluding tert-OH is 1. The Morgan fingerprint density at radius 3 is 2.12 bits per heavy atom. The quantitative estimate of drug-likeness (QED) is 0.0258. The van der Waals surface area contributed by atoms with Crippen LogP contribution < -0.4 is 19.8 Å². The van der Waals surface area contributed by atoms with Crippen LogP contribution in [-0.4, -0.2) is 129 Å². The number of nitrogens with one attached hydrogen (secondary N) is 2. The highest BCUT2D eigenvalue weighted by molar-refractivity contribution is 7.99. The predicted octanol–water partition coefficient (Wildman–Crippen LogP) is 9.98. The molecule has 2 aliphatic heterocycles. The lowest BCUT2D eigenvalue weighted by molar-refractivity contribution is -0.0436. The maximum absolute atomic E-state index is 14.3. The van der Waals surface area contributed by atoms with Crippen LogP contribution in [0, 0.1) is 6.92 Å². The maximum Gasteiger partial charge on any atom is 0.501 e. The number of carbonyl (C=O) groups is 1. The summed E-state index contributed by atoms with van der Waals surface area (Å²) in [5, 5.41) is 13.5. The summed E-state index contributed by atoms with van der Waals surface area (Å²) >= 11 is 7.71. The minimum absolute atomic E-state index is 0.0926. The largest absolute Gasteiger partial charge is 0.501 e. The van der Waals surface area contributed by atoms with E-state index in [2.05, 4.69) is 24.7 Å². The van der Waals surface area contributed by atoms with Crippen LogP contribution in [0.5, 0.6) is 0 Å². The van der Waals surface area contributed by atoms with E-state index in [1.807, 2.05) is 78.2 Å². The van der Waals surface area contributed by atoms with E-state index in [9.17, 15) is 54.3 Å². The zero-order chi connectivity index (χ0) is 56.0. The maximum atomic E-state index is 14.3. The van der Waals surface area contributed by atoms with E-state index in [0.29, 0.717) is 105 Å². The number of hydrogen-bond acceptors (Lipinski definition) is 13. The Hall–Kier alpha value is -5.55. The average molecular weight is 1170 g/mol. The molecule has 5 aromatic carbocycles. The van der Waals surface area contributed by atoms with E-state index in [1.165, 1.54) is 23.9 Å². The lowest BCUT2D eigenvalue weighted by Gasteiger charge is -2.37. The number of piperidine rings is 1. The first-order chi connectivity index (χ1) is 37.0. The van der Waals surface area contributed by atoms with Crippen LogP contribution in [0.2, 0.25) is 5.02 Å². The smallest absolute Gasteiger partial charge is 0.461 e. The zero-order valence-corrected chi connectivity index (χ0v) is 46.9. The third kappa shape index (κ3) is 14.2. The van der Waals surface area contributed by atoms with Crippen LogP contribution in [0.3, 0.4) is 0 Å². The number of aliphatic hydroxyl groups is 1. The number of halogens is 4.